The minimum absolute atomic E-state index is 0.321. The van der Waals surface area contributed by atoms with E-state index in [2.05, 4.69) is 10.2 Å². The smallest absolute Gasteiger partial charge is 0.322 e. The number of carbonyl (C=O) groups is 1. The molecule has 2 aromatic rings. The third-order valence-corrected chi connectivity index (χ3v) is 4.42. The first kappa shape index (κ1) is 15.3. The average Bonchev–Trinajstić information content (AvgIpc) is 2.83. The van der Waals surface area contributed by atoms with Crippen LogP contribution in [0.25, 0.3) is 0 Å². The van der Waals surface area contributed by atoms with Crippen molar-refractivity contribution in [1.82, 2.24) is 19.7 Å². The first-order valence-electron chi connectivity index (χ1n) is 6.75. The Morgan fingerprint density at radius 3 is 2.91 bits per heavy atom. The van der Waals surface area contributed by atoms with E-state index >= 15 is 0 Å². The van der Waals surface area contributed by atoms with Gasteiger partial charge in [-0.25, -0.2) is 0 Å². The second kappa shape index (κ2) is 5.87. The number of nitrogens with zero attached hydrogens (tertiary/aromatic N) is 4. The Morgan fingerprint density at radius 2 is 2.18 bits per heavy atom. The zero-order valence-electron chi connectivity index (χ0n) is 11.8. The van der Waals surface area contributed by atoms with E-state index in [4.69, 9.17) is 23.2 Å². The van der Waals surface area contributed by atoms with Gasteiger partial charge in [-0.05, 0) is 30.7 Å². The van der Waals surface area contributed by atoms with Gasteiger partial charge in [-0.2, -0.15) is 0 Å². The van der Waals surface area contributed by atoms with E-state index in [1.807, 2.05) is 16.4 Å². The number of benzene rings is 1. The minimum atomic E-state index is -0.878. The highest BCUT2D eigenvalue weighted by Gasteiger charge is 2.33. The molecule has 6 nitrogen and oxygen atoms in total. The summed E-state index contributed by atoms with van der Waals surface area (Å²) in [4.78, 5) is 13.4. The lowest BCUT2D eigenvalue weighted by Crippen LogP contribution is -2.47. The quantitative estimate of drug-likeness (QED) is 0.928. The van der Waals surface area contributed by atoms with Gasteiger partial charge in [0, 0.05) is 16.6 Å². The van der Waals surface area contributed by atoms with E-state index in [-0.39, 0.29) is 0 Å². The molecule has 22 heavy (non-hydrogen) atoms. The number of carboxylic acid groups (broad SMARTS) is 1. The Bertz CT molecular complexity index is 732. The molecule has 1 aromatic carbocycles. The van der Waals surface area contributed by atoms with E-state index in [1.54, 1.807) is 18.2 Å². The van der Waals surface area contributed by atoms with Crippen LogP contribution in [0.15, 0.2) is 18.2 Å². The molecule has 8 heteroatoms. The molecule has 1 unspecified atom stereocenters. The molecule has 1 atom stereocenters. The van der Waals surface area contributed by atoms with Crippen LogP contribution in [0.1, 0.15) is 17.2 Å². The number of fused-ring (bicyclic) bond motifs is 1. The van der Waals surface area contributed by atoms with Gasteiger partial charge >= 0.3 is 5.97 Å². The first-order valence-corrected chi connectivity index (χ1v) is 7.50. The zero-order valence-corrected chi connectivity index (χ0v) is 13.3. The number of hydrogen-bond donors (Lipinski definition) is 1. The van der Waals surface area contributed by atoms with Crippen LogP contribution in [0, 0.1) is 6.92 Å². The van der Waals surface area contributed by atoms with Crippen molar-refractivity contribution in [2.45, 2.75) is 32.6 Å². The molecular weight excluding hydrogens is 327 g/mol. The summed E-state index contributed by atoms with van der Waals surface area (Å²) in [5.74, 6) is 0.603. The van der Waals surface area contributed by atoms with Gasteiger partial charge in [0.1, 0.15) is 17.7 Å². The number of halogens is 2. The molecule has 1 N–H and O–H groups in total. The summed E-state index contributed by atoms with van der Waals surface area (Å²) in [7, 11) is 0. The highest BCUT2D eigenvalue weighted by molar-refractivity contribution is 6.33. The molecule has 0 radical (unpaired) electrons. The lowest BCUT2D eigenvalue weighted by molar-refractivity contribution is -0.145. The SMILES string of the molecule is Cc1nnc2n1CC(C(=O)O)N(Cc1cc(Cl)ccc1Cl)C2. The van der Waals surface area contributed by atoms with Crippen LogP contribution < -0.4 is 0 Å². The normalized spacial score (nSPS) is 18.2. The Balaban J connectivity index is 1.91. The van der Waals surface area contributed by atoms with Crippen LogP contribution >= 0.6 is 23.2 Å². The molecule has 1 aliphatic rings. The summed E-state index contributed by atoms with van der Waals surface area (Å²) in [6.07, 6.45) is 0. The van der Waals surface area contributed by atoms with E-state index in [0.29, 0.717) is 29.7 Å². The molecule has 0 fully saturated rings. The van der Waals surface area contributed by atoms with Crippen molar-refractivity contribution in [3.8, 4) is 0 Å². The van der Waals surface area contributed by atoms with Crippen LogP contribution in [0.3, 0.4) is 0 Å². The molecule has 1 aromatic heterocycles. The van der Waals surface area contributed by atoms with Gasteiger partial charge in [0.05, 0.1) is 13.1 Å². The topological polar surface area (TPSA) is 71.2 Å². The van der Waals surface area contributed by atoms with Crippen LogP contribution in [0.5, 0.6) is 0 Å². The number of aromatic nitrogens is 3. The summed E-state index contributed by atoms with van der Waals surface area (Å²) in [6, 6.07) is 4.52. The summed E-state index contributed by atoms with van der Waals surface area (Å²) in [5, 5.41) is 18.8. The second-order valence-corrected chi connectivity index (χ2v) is 6.11. The van der Waals surface area contributed by atoms with Crippen molar-refractivity contribution < 1.29 is 9.90 Å². The van der Waals surface area contributed by atoms with E-state index in [0.717, 1.165) is 17.2 Å². The maximum atomic E-state index is 11.6. The second-order valence-electron chi connectivity index (χ2n) is 5.27. The van der Waals surface area contributed by atoms with Crippen molar-refractivity contribution in [1.29, 1.82) is 0 Å². The van der Waals surface area contributed by atoms with Crippen molar-refractivity contribution in [2.75, 3.05) is 0 Å². The summed E-state index contributed by atoms with van der Waals surface area (Å²) in [5.41, 5.74) is 0.796. The van der Waals surface area contributed by atoms with Crippen molar-refractivity contribution >= 4 is 29.2 Å². The van der Waals surface area contributed by atoms with E-state index in [1.165, 1.54) is 0 Å². The van der Waals surface area contributed by atoms with Crippen molar-refractivity contribution in [3.63, 3.8) is 0 Å². The lowest BCUT2D eigenvalue weighted by atomic mass is 10.1. The molecule has 0 saturated carbocycles. The van der Waals surface area contributed by atoms with Crippen molar-refractivity contribution in [3.05, 3.63) is 45.5 Å². The highest BCUT2D eigenvalue weighted by Crippen LogP contribution is 2.26. The standard InChI is InChI=1S/C14H14Cl2N4O2/c1-8-17-18-13-7-19(12(14(21)22)6-20(8)13)5-9-4-10(15)2-3-11(9)16/h2-4,12H,5-7H2,1H3,(H,21,22). The number of carboxylic acids is 1. The average molecular weight is 341 g/mol. The van der Waals surface area contributed by atoms with Crippen LogP contribution in [-0.4, -0.2) is 36.8 Å². The van der Waals surface area contributed by atoms with Gasteiger partial charge in [0.15, 0.2) is 0 Å². The zero-order chi connectivity index (χ0) is 15.9. The molecule has 0 bridgehead atoms. The van der Waals surface area contributed by atoms with Gasteiger partial charge in [-0.15, -0.1) is 10.2 Å². The fourth-order valence-corrected chi connectivity index (χ4v) is 3.02. The monoisotopic (exact) mass is 340 g/mol. The van der Waals surface area contributed by atoms with E-state index < -0.39 is 12.0 Å². The van der Waals surface area contributed by atoms with Gasteiger partial charge in [-0.3, -0.25) is 9.69 Å². The Kier molecular flexibility index (Phi) is 4.08. The van der Waals surface area contributed by atoms with Crippen LogP contribution in [0.2, 0.25) is 10.0 Å². The maximum Gasteiger partial charge on any atom is 0.322 e. The molecular formula is C14H14Cl2N4O2. The number of hydrogen-bond acceptors (Lipinski definition) is 4. The fraction of sp³-hybridized carbons (Fsp3) is 0.357. The predicted molar refractivity (Wildman–Crippen MR) is 81.9 cm³/mol. The van der Waals surface area contributed by atoms with Gasteiger partial charge in [0.25, 0.3) is 0 Å². The first-order chi connectivity index (χ1) is 10.5. The van der Waals surface area contributed by atoms with Crippen molar-refractivity contribution in [2.24, 2.45) is 0 Å². The minimum Gasteiger partial charge on any atom is -0.480 e. The molecule has 0 spiro atoms. The maximum absolute atomic E-state index is 11.6. The fourth-order valence-electron chi connectivity index (χ4n) is 2.64. The number of aliphatic carboxylic acids is 1. The Hall–Kier alpha value is -1.63. The lowest BCUT2D eigenvalue weighted by Gasteiger charge is -2.33. The Labute approximate surface area is 137 Å². The molecule has 2 heterocycles. The molecule has 1 aliphatic heterocycles. The molecule has 0 aliphatic carbocycles. The summed E-state index contributed by atoms with van der Waals surface area (Å²) >= 11 is 12.2. The molecule has 3 rings (SSSR count). The summed E-state index contributed by atoms with van der Waals surface area (Å²) < 4.78 is 1.84. The van der Waals surface area contributed by atoms with Gasteiger partial charge in [0.2, 0.25) is 0 Å². The largest absolute Gasteiger partial charge is 0.480 e. The summed E-state index contributed by atoms with van der Waals surface area (Å²) in [6.45, 7) is 2.93. The van der Waals surface area contributed by atoms with Gasteiger partial charge < -0.3 is 9.67 Å². The van der Waals surface area contributed by atoms with Gasteiger partial charge in [-0.1, -0.05) is 23.2 Å². The molecule has 0 saturated heterocycles. The molecule has 116 valence electrons. The number of rotatable bonds is 3. The van der Waals surface area contributed by atoms with E-state index in [9.17, 15) is 9.90 Å². The van der Waals surface area contributed by atoms with Crippen LogP contribution in [0.4, 0.5) is 0 Å². The highest BCUT2D eigenvalue weighted by atomic mass is 35.5. The number of aryl methyl sites for hydroxylation is 1. The third-order valence-electron chi connectivity index (χ3n) is 3.82. The molecule has 0 amide bonds. The predicted octanol–water partition coefficient (Wildman–Crippen LogP) is 2.36. The third kappa shape index (κ3) is 2.82. The Morgan fingerprint density at radius 1 is 1.41 bits per heavy atom. The van der Waals surface area contributed by atoms with Crippen LogP contribution in [-0.2, 0) is 24.4 Å².